The molecule has 0 bridgehead atoms. The molecule has 2 aromatic carbocycles. The van der Waals surface area contributed by atoms with Crippen LogP contribution in [0.25, 0.3) is 10.9 Å². The Bertz CT molecular complexity index is 1340. The Morgan fingerprint density at radius 1 is 0.970 bits per heavy atom. The van der Waals surface area contributed by atoms with Crippen molar-refractivity contribution in [1.82, 2.24) is 9.55 Å². The molecule has 0 N–H and O–H groups in total. The van der Waals surface area contributed by atoms with Gasteiger partial charge >= 0.3 is 5.97 Å². The van der Waals surface area contributed by atoms with Crippen molar-refractivity contribution < 1.29 is 9.53 Å². The largest absolute Gasteiger partial charge is 0.439 e. The van der Waals surface area contributed by atoms with Gasteiger partial charge in [0.1, 0.15) is 5.69 Å². The summed E-state index contributed by atoms with van der Waals surface area (Å²) in [5.74, 6) is -0.335. The number of esters is 1. The molecule has 1 unspecified atom stereocenters. The number of benzene rings is 2. The number of hydrogen-bond donors (Lipinski definition) is 0. The molecule has 1 aliphatic heterocycles. The maximum Gasteiger partial charge on any atom is 0.341 e. The lowest BCUT2D eigenvalue weighted by molar-refractivity contribution is 0.0245. The highest BCUT2D eigenvalue weighted by atomic mass is 16.6. The maximum absolute atomic E-state index is 13.1. The summed E-state index contributed by atoms with van der Waals surface area (Å²) in [7, 11) is 0. The number of carbonyl (C=O) groups is 1. The van der Waals surface area contributed by atoms with Gasteiger partial charge in [-0.25, -0.2) is 4.79 Å². The Hall–Kier alpha value is -3.60. The Morgan fingerprint density at radius 3 is 2.39 bits per heavy atom. The SMILES string of the molecule is CCN(CC)c1ccc(C2(c3c(C)n(CC)c4ccccc34)OC(=O)c3cccnc32)cc1. The third kappa shape index (κ3) is 2.99. The molecule has 0 fully saturated rings. The summed E-state index contributed by atoms with van der Waals surface area (Å²) in [5, 5.41) is 1.08. The second kappa shape index (κ2) is 8.07. The van der Waals surface area contributed by atoms with Crippen LogP contribution in [0.15, 0.2) is 66.9 Å². The zero-order chi connectivity index (χ0) is 23.2. The summed E-state index contributed by atoms with van der Waals surface area (Å²) in [4.78, 5) is 20.2. The van der Waals surface area contributed by atoms with Crippen molar-refractivity contribution in [2.75, 3.05) is 18.0 Å². The molecule has 5 heteroatoms. The van der Waals surface area contributed by atoms with Gasteiger partial charge in [0, 0.05) is 59.2 Å². The van der Waals surface area contributed by atoms with Crippen molar-refractivity contribution in [1.29, 1.82) is 0 Å². The smallest absolute Gasteiger partial charge is 0.341 e. The number of para-hydroxylation sites is 1. The van der Waals surface area contributed by atoms with Crippen LogP contribution in [0.3, 0.4) is 0 Å². The topological polar surface area (TPSA) is 47.4 Å². The van der Waals surface area contributed by atoms with Gasteiger partial charge in [-0.2, -0.15) is 0 Å². The fourth-order valence-electron chi connectivity index (χ4n) is 5.38. The van der Waals surface area contributed by atoms with Crippen LogP contribution in [0.1, 0.15) is 53.6 Å². The molecule has 3 heterocycles. The highest BCUT2D eigenvalue weighted by Crippen LogP contribution is 2.50. The van der Waals surface area contributed by atoms with Crippen LogP contribution in [-0.2, 0) is 16.9 Å². The summed E-state index contributed by atoms with van der Waals surface area (Å²) in [5.41, 5.74) is 5.35. The fraction of sp³-hybridized carbons (Fsp3) is 0.286. The van der Waals surface area contributed by atoms with E-state index in [9.17, 15) is 4.79 Å². The molecule has 1 atom stereocenters. The van der Waals surface area contributed by atoms with Gasteiger partial charge in [-0.15, -0.1) is 0 Å². The fourth-order valence-corrected chi connectivity index (χ4v) is 5.38. The van der Waals surface area contributed by atoms with Crippen LogP contribution >= 0.6 is 0 Å². The summed E-state index contributed by atoms with van der Waals surface area (Å²) < 4.78 is 8.65. The molecule has 0 radical (unpaired) electrons. The van der Waals surface area contributed by atoms with Gasteiger partial charge in [0.05, 0.1) is 5.56 Å². The second-order valence-electron chi connectivity index (χ2n) is 8.41. The molecule has 33 heavy (non-hydrogen) atoms. The number of cyclic esters (lactones) is 1. The summed E-state index contributed by atoms with van der Waals surface area (Å²) in [6.45, 7) is 11.3. The molecule has 0 amide bonds. The third-order valence-electron chi connectivity index (χ3n) is 6.91. The van der Waals surface area contributed by atoms with E-state index < -0.39 is 5.60 Å². The first-order chi connectivity index (χ1) is 16.1. The molecule has 2 aromatic heterocycles. The monoisotopic (exact) mass is 439 g/mol. The standard InChI is InChI=1S/C28H29N3O2/c1-5-30(6-2)21-16-14-20(15-17-21)28(26-23(27(32)33-28)12-10-18-29-26)25-19(4)31(7-3)24-13-9-8-11-22(24)25/h8-18H,5-7H2,1-4H3. The van der Waals surface area contributed by atoms with Gasteiger partial charge in [0.25, 0.3) is 0 Å². The number of fused-ring (bicyclic) bond motifs is 2. The predicted molar refractivity (Wildman–Crippen MR) is 132 cm³/mol. The van der Waals surface area contributed by atoms with E-state index in [0.717, 1.165) is 53.0 Å². The normalized spacial score (nSPS) is 17.3. The van der Waals surface area contributed by atoms with E-state index in [4.69, 9.17) is 9.72 Å². The van der Waals surface area contributed by atoms with Crippen molar-refractivity contribution in [2.24, 2.45) is 0 Å². The summed E-state index contributed by atoms with van der Waals surface area (Å²) in [6.07, 6.45) is 1.74. The lowest BCUT2D eigenvalue weighted by Crippen LogP contribution is -2.31. The quantitative estimate of drug-likeness (QED) is 0.363. The van der Waals surface area contributed by atoms with E-state index in [0.29, 0.717) is 11.3 Å². The zero-order valence-electron chi connectivity index (χ0n) is 19.6. The van der Waals surface area contributed by atoms with Gasteiger partial charge in [0.15, 0.2) is 0 Å². The Morgan fingerprint density at radius 2 is 1.70 bits per heavy atom. The first kappa shape index (κ1) is 21.3. The minimum atomic E-state index is -1.10. The summed E-state index contributed by atoms with van der Waals surface area (Å²) in [6, 6.07) is 20.3. The van der Waals surface area contributed by atoms with Crippen molar-refractivity contribution in [2.45, 2.75) is 39.8 Å². The maximum atomic E-state index is 13.1. The summed E-state index contributed by atoms with van der Waals surface area (Å²) >= 11 is 0. The molecule has 5 rings (SSSR count). The lowest BCUT2D eigenvalue weighted by atomic mass is 9.81. The minimum absolute atomic E-state index is 0.335. The number of carbonyl (C=O) groups excluding carboxylic acids is 1. The van der Waals surface area contributed by atoms with Crippen LogP contribution in [-0.4, -0.2) is 28.6 Å². The van der Waals surface area contributed by atoms with Crippen molar-refractivity contribution in [3.63, 3.8) is 0 Å². The van der Waals surface area contributed by atoms with Gasteiger partial charge in [-0.3, -0.25) is 4.98 Å². The predicted octanol–water partition coefficient (Wildman–Crippen LogP) is 5.67. The number of rotatable bonds is 6. The van der Waals surface area contributed by atoms with Crippen LogP contribution in [0.2, 0.25) is 0 Å². The first-order valence-electron chi connectivity index (χ1n) is 11.7. The van der Waals surface area contributed by atoms with Gasteiger partial charge in [-0.05, 0) is 58.0 Å². The number of aryl methyl sites for hydroxylation is 1. The Kier molecular flexibility index (Phi) is 5.20. The number of anilines is 1. The minimum Gasteiger partial charge on any atom is -0.439 e. The first-order valence-corrected chi connectivity index (χ1v) is 11.7. The van der Waals surface area contributed by atoms with Crippen molar-refractivity contribution in [3.8, 4) is 0 Å². The van der Waals surface area contributed by atoms with E-state index in [1.807, 2.05) is 12.1 Å². The van der Waals surface area contributed by atoms with Crippen LogP contribution in [0.4, 0.5) is 5.69 Å². The van der Waals surface area contributed by atoms with Gasteiger partial charge < -0.3 is 14.2 Å². The Labute approximate surface area is 194 Å². The van der Waals surface area contributed by atoms with Gasteiger partial charge in [-0.1, -0.05) is 30.3 Å². The zero-order valence-corrected chi connectivity index (χ0v) is 19.6. The van der Waals surface area contributed by atoms with Gasteiger partial charge in [0.2, 0.25) is 5.60 Å². The molecule has 1 aliphatic rings. The molecule has 0 saturated heterocycles. The van der Waals surface area contributed by atoms with E-state index in [2.05, 4.69) is 79.6 Å². The molecule has 5 nitrogen and oxygen atoms in total. The average Bonchev–Trinajstić information content (AvgIpc) is 3.31. The molecule has 168 valence electrons. The average molecular weight is 440 g/mol. The molecular weight excluding hydrogens is 410 g/mol. The number of pyridine rings is 1. The molecule has 4 aromatic rings. The van der Waals surface area contributed by atoms with E-state index in [1.165, 1.54) is 0 Å². The van der Waals surface area contributed by atoms with Crippen molar-refractivity contribution >= 4 is 22.6 Å². The van der Waals surface area contributed by atoms with Crippen LogP contribution in [0.5, 0.6) is 0 Å². The number of ether oxygens (including phenoxy) is 1. The highest BCUT2D eigenvalue weighted by Gasteiger charge is 2.52. The van der Waals surface area contributed by atoms with Crippen LogP contribution < -0.4 is 4.90 Å². The van der Waals surface area contributed by atoms with E-state index in [-0.39, 0.29) is 5.97 Å². The van der Waals surface area contributed by atoms with E-state index >= 15 is 0 Å². The lowest BCUT2D eigenvalue weighted by Gasteiger charge is -2.30. The van der Waals surface area contributed by atoms with Crippen LogP contribution in [0, 0.1) is 6.92 Å². The van der Waals surface area contributed by atoms with Crippen molar-refractivity contribution in [3.05, 3.63) is 94.9 Å². The number of aromatic nitrogens is 2. The second-order valence-corrected chi connectivity index (χ2v) is 8.41. The Balaban J connectivity index is 1.84. The third-order valence-corrected chi connectivity index (χ3v) is 6.91. The highest BCUT2D eigenvalue weighted by molar-refractivity contribution is 5.98. The number of nitrogens with zero attached hydrogens (tertiary/aromatic N) is 3. The molecule has 0 aliphatic carbocycles. The number of hydrogen-bond acceptors (Lipinski definition) is 4. The van der Waals surface area contributed by atoms with E-state index in [1.54, 1.807) is 12.3 Å². The molecule has 0 saturated carbocycles. The molecular formula is C28H29N3O2. The molecule has 0 spiro atoms.